The van der Waals surface area contributed by atoms with Gasteiger partial charge in [-0.2, -0.15) is 0 Å². The molecule has 2 nitrogen and oxygen atoms in total. The van der Waals surface area contributed by atoms with Gasteiger partial charge in [0.25, 0.3) is 0 Å². The molecule has 0 amide bonds. The molecule has 190 valence electrons. The van der Waals surface area contributed by atoms with Gasteiger partial charge in [0.2, 0.25) is 0 Å². The molecule has 0 saturated carbocycles. The predicted molar refractivity (Wildman–Crippen MR) is 155 cm³/mol. The van der Waals surface area contributed by atoms with E-state index in [0.717, 1.165) is 16.5 Å². The summed E-state index contributed by atoms with van der Waals surface area (Å²) in [5.41, 5.74) is 3.97. The normalized spacial score (nSPS) is 12.2. The maximum absolute atomic E-state index is 5.79. The average Bonchev–Trinajstić information content (AvgIpc) is 2.88. The fraction of sp³-hybridized carbons (Fsp3) is 0.333. The third-order valence-corrected chi connectivity index (χ3v) is 6.41. The van der Waals surface area contributed by atoms with Gasteiger partial charge in [0.1, 0.15) is 13.2 Å². The smallest absolute Gasteiger partial charge is 0.164 e. The number of halogens is 1. The van der Waals surface area contributed by atoms with Crippen molar-refractivity contribution in [3.05, 3.63) is 107 Å². The molecule has 5 rings (SSSR count). The lowest BCUT2D eigenvalue weighted by molar-refractivity contribution is 0.169. The van der Waals surface area contributed by atoms with E-state index in [9.17, 15) is 0 Å². The summed E-state index contributed by atoms with van der Waals surface area (Å²) in [7, 11) is 0. The highest BCUT2D eigenvalue weighted by atomic mass is 35.5. The minimum Gasteiger partial charge on any atom is -0.486 e. The Hall–Kier alpha value is -2.97. The van der Waals surface area contributed by atoms with Crippen molar-refractivity contribution in [3.8, 4) is 11.5 Å². The summed E-state index contributed by atoms with van der Waals surface area (Å²) < 4.78 is 11.1. The highest BCUT2D eigenvalue weighted by Gasteiger charge is 2.16. The van der Waals surface area contributed by atoms with Crippen LogP contribution >= 0.6 is 11.6 Å². The summed E-state index contributed by atoms with van der Waals surface area (Å²) in [6.45, 7) is 14.4. The van der Waals surface area contributed by atoms with Crippen LogP contribution in [-0.4, -0.2) is 13.2 Å². The van der Waals surface area contributed by atoms with Crippen LogP contribution in [0.15, 0.2) is 84.9 Å². The molecule has 0 N–H and O–H groups in total. The second kappa shape index (κ2) is 13.4. The molecule has 0 fully saturated rings. The fourth-order valence-electron chi connectivity index (χ4n) is 4.17. The van der Waals surface area contributed by atoms with Crippen molar-refractivity contribution in [2.24, 2.45) is 0 Å². The van der Waals surface area contributed by atoms with Crippen molar-refractivity contribution >= 4 is 22.4 Å². The first kappa shape index (κ1) is 27.6. The summed E-state index contributed by atoms with van der Waals surface area (Å²) in [5, 5.41) is 3.56. The van der Waals surface area contributed by atoms with Crippen LogP contribution in [-0.2, 0) is 0 Å². The van der Waals surface area contributed by atoms with Gasteiger partial charge in [-0.25, -0.2) is 0 Å². The largest absolute Gasteiger partial charge is 0.486 e. The molecule has 0 aromatic heterocycles. The highest BCUT2D eigenvalue weighted by Crippen LogP contribution is 2.37. The molecule has 1 aliphatic heterocycles. The minimum absolute atomic E-state index is 0.483. The van der Waals surface area contributed by atoms with Crippen molar-refractivity contribution in [1.29, 1.82) is 0 Å². The van der Waals surface area contributed by atoms with E-state index in [1.165, 1.54) is 27.5 Å². The van der Waals surface area contributed by atoms with Gasteiger partial charge < -0.3 is 9.47 Å². The standard InChI is InChI=1S/C13H14.C11H14O2.C9H11Cl/c1-10(2)12-9-5-7-11-6-3-4-8-13(11)12;1-8(2)9-4-3-5-10-11(9)13-7-6-12-10;1-7(2)8-4-3-5-9(10)6-8/h3-10H,1-2H3;3-5,8H,6-7H2,1-2H3;3-7H,1-2H3. The van der Waals surface area contributed by atoms with E-state index in [4.69, 9.17) is 21.1 Å². The Labute approximate surface area is 222 Å². The van der Waals surface area contributed by atoms with Crippen LogP contribution in [0, 0.1) is 0 Å². The molecule has 1 heterocycles. The summed E-state index contributed by atoms with van der Waals surface area (Å²) >= 11 is 5.79. The van der Waals surface area contributed by atoms with Crippen LogP contribution in [0.4, 0.5) is 0 Å². The fourth-order valence-corrected chi connectivity index (χ4v) is 4.37. The lowest BCUT2D eigenvalue weighted by Crippen LogP contribution is -2.16. The Morgan fingerprint density at radius 1 is 0.611 bits per heavy atom. The van der Waals surface area contributed by atoms with Crippen molar-refractivity contribution in [3.63, 3.8) is 0 Å². The monoisotopic (exact) mass is 502 g/mol. The Balaban J connectivity index is 0.000000152. The number of para-hydroxylation sites is 1. The molecule has 0 aliphatic carbocycles. The Kier molecular flexibility index (Phi) is 10.3. The van der Waals surface area contributed by atoms with E-state index in [2.05, 4.69) is 96.1 Å². The Morgan fingerprint density at radius 3 is 1.89 bits per heavy atom. The maximum atomic E-state index is 5.79. The van der Waals surface area contributed by atoms with Crippen LogP contribution in [0.3, 0.4) is 0 Å². The van der Waals surface area contributed by atoms with Gasteiger partial charge in [-0.1, -0.05) is 120 Å². The third kappa shape index (κ3) is 7.51. The van der Waals surface area contributed by atoms with Gasteiger partial charge in [-0.15, -0.1) is 0 Å². The summed E-state index contributed by atoms with van der Waals surface area (Å²) in [5.74, 6) is 3.47. The molecule has 0 radical (unpaired) electrons. The molecular weight excluding hydrogens is 464 g/mol. The van der Waals surface area contributed by atoms with Gasteiger partial charge in [-0.05, 0) is 57.9 Å². The number of hydrogen-bond acceptors (Lipinski definition) is 2. The molecular formula is C33H39ClO2. The van der Waals surface area contributed by atoms with Gasteiger partial charge in [0.15, 0.2) is 11.5 Å². The summed E-state index contributed by atoms with van der Waals surface area (Å²) in [6.07, 6.45) is 0. The van der Waals surface area contributed by atoms with E-state index in [1.54, 1.807) is 0 Å². The van der Waals surface area contributed by atoms with Gasteiger partial charge in [0.05, 0.1) is 0 Å². The molecule has 0 spiro atoms. The zero-order valence-electron chi connectivity index (χ0n) is 22.4. The van der Waals surface area contributed by atoms with Crippen LogP contribution in [0.1, 0.15) is 76.0 Å². The van der Waals surface area contributed by atoms with E-state index < -0.39 is 0 Å². The number of hydrogen-bond donors (Lipinski definition) is 0. The predicted octanol–water partition coefficient (Wildman–Crippen LogP) is 10.0. The van der Waals surface area contributed by atoms with Gasteiger partial charge in [0, 0.05) is 10.6 Å². The topological polar surface area (TPSA) is 18.5 Å². The Morgan fingerprint density at radius 2 is 1.22 bits per heavy atom. The molecule has 0 atom stereocenters. The second-order valence-electron chi connectivity index (χ2n) is 9.96. The van der Waals surface area contributed by atoms with Crippen molar-refractivity contribution in [1.82, 2.24) is 0 Å². The van der Waals surface area contributed by atoms with E-state index in [1.807, 2.05) is 30.3 Å². The van der Waals surface area contributed by atoms with Gasteiger partial charge in [-0.3, -0.25) is 0 Å². The number of rotatable bonds is 3. The minimum atomic E-state index is 0.483. The first-order chi connectivity index (χ1) is 17.3. The number of benzene rings is 4. The second-order valence-corrected chi connectivity index (χ2v) is 10.4. The first-order valence-corrected chi connectivity index (χ1v) is 13.3. The van der Waals surface area contributed by atoms with E-state index in [0.29, 0.717) is 31.0 Å². The number of ether oxygens (including phenoxy) is 2. The van der Waals surface area contributed by atoms with Crippen molar-refractivity contribution in [2.75, 3.05) is 13.2 Å². The zero-order chi connectivity index (χ0) is 26.1. The van der Waals surface area contributed by atoms with E-state index in [-0.39, 0.29) is 0 Å². The lowest BCUT2D eigenvalue weighted by atomic mass is 9.96. The number of fused-ring (bicyclic) bond motifs is 2. The highest BCUT2D eigenvalue weighted by molar-refractivity contribution is 6.30. The molecule has 3 heteroatoms. The first-order valence-electron chi connectivity index (χ1n) is 12.9. The lowest BCUT2D eigenvalue weighted by Gasteiger charge is -2.22. The molecule has 0 bridgehead atoms. The van der Waals surface area contributed by atoms with Crippen LogP contribution in [0.25, 0.3) is 10.8 Å². The average molecular weight is 503 g/mol. The molecule has 36 heavy (non-hydrogen) atoms. The zero-order valence-corrected chi connectivity index (χ0v) is 23.2. The quantitative estimate of drug-likeness (QED) is 0.277. The summed E-state index contributed by atoms with van der Waals surface area (Å²) in [4.78, 5) is 0. The maximum Gasteiger partial charge on any atom is 0.164 e. The molecule has 0 saturated heterocycles. The molecule has 4 aromatic carbocycles. The molecule has 4 aromatic rings. The van der Waals surface area contributed by atoms with Crippen LogP contribution in [0.5, 0.6) is 11.5 Å². The summed E-state index contributed by atoms with van der Waals surface area (Å²) in [6, 6.07) is 29.1. The van der Waals surface area contributed by atoms with Crippen molar-refractivity contribution in [2.45, 2.75) is 59.3 Å². The molecule has 1 aliphatic rings. The van der Waals surface area contributed by atoms with Gasteiger partial charge >= 0.3 is 0 Å². The van der Waals surface area contributed by atoms with E-state index >= 15 is 0 Å². The third-order valence-electron chi connectivity index (χ3n) is 6.18. The Bertz CT molecular complexity index is 1240. The van der Waals surface area contributed by atoms with Crippen molar-refractivity contribution < 1.29 is 9.47 Å². The van der Waals surface area contributed by atoms with Crippen LogP contribution in [0.2, 0.25) is 5.02 Å². The molecule has 0 unspecified atom stereocenters. The SMILES string of the molecule is CC(C)c1cccc(Cl)c1.CC(C)c1cccc2c1OCCO2.CC(C)c1cccc2ccccc12. The van der Waals surface area contributed by atoms with Crippen LogP contribution < -0.4 is 9.47 Å².